The minimum absolute atomic E-state index is 0.0860. The highest BCUT2D eigenvalue weighted by Gasteiger charge is 2.26. The topological polar surface area (TPSA) is 91.3 Å². The Hall–Kier alpha value is -1.54. The lowest BCUT2D eigenvalue weighted by atomic mass is 10.1. The molecule has 8 nitrogen and oxygen atoms in total. The van der Waals surface area contributed by atoms with Crippen LogP contribution in [0.15, 0.2) is 48.6 Å². The van der Waals surface area contributed by atoms with E-state index in [4.69, 9.17) is 18.5 Å². The summed E-state index contributed by atoms with van der Waals surface area (Å²) in [4.78, 5) is 22.5. The smallest absolute Gasteiger partial charge is 0.457 e. The van der Waals surface area contributed by atoms with Crippen molar-refractivity contribution < 1.29 is 37.3 Å². The summed E-state index contributed by atoms with van der Waals surface area (Å²) in [7, 11) is 1.65. The predicted molar refractivity (Wildman–Crippen MR) is 206 cm³/mol. The molecule has 0 saturated heterocycles. The fraction of sp³-hybridized carbons (Fsp3) is 0.775. The van der Waals surface area contributed by atoms with Gasteiger partial charge in [-0.05, 0) is 51.4 Å². The van der Waals surface area contributed by atoms with Gasteiger partial charge < -0.3 is 18.9 Å². The molecule has 0 amide bonds. The van der Waals surface area contributed by atoms with E-state index < -0.39 is 13.9 Å². The zero-order chi connectivity index (χ0) is 36.3. The molecule has 0 aliphatic heterocycles. The van der Waals surface area contributed by atoms with Crippen molar-refractivity contribution in [2.24, 2.45) is 0 Å². The summed E-state index contributed by atoms with van der Waals surface area (Å²) < 4.78 is 34.6. The second-order valence-electron chi connectivity index (χ2n) is 13.9. The molecule has 2 unspecified atom stereocenters. The Kier molecular flexibility index (Phi) is 32.5. The molecular formula is C40H75NO7P+. The third-order valence-corrected chi connectivity index (χ3v) is 8.89. The van der Waals surface area contributed by atoms with Gasteiger partial charge in [-0.2, -0.15) is 0 Å². The quantitative estimate of drug-likeness (QED) is 0.0230. The summed E-state index contributed by atoms with van der Waals surface area (Å²) in [5, 5.41) is 0. The van der Waals surface area contributed by atoms with Gasteiger partial charge in [-0.1, -0.05) is 133 Å². The van der Waals surface area contributed by atoms with Crippen molar-refractivity contribution in [2.45, 2.75) is 148 Å². The minimum Gasteiger partial charge on any atom is -0.457 e. The van der Waals surface area contributed by atoms with Crippen LogP contribution in [0.5, 0.6) is 0 Å². The van der Waals surface area contributed by atoms with Gasteiger partial charge in [0.15, 0.2) is 0 Å². The first-order valence-corrected chi connectivity index (χ1v) is 20.9. The maximum absolute atomic E-state index is 12.4. The maximum atomic E-state index is 12.4. The highest BCUT2D eigenvalue weighted by molar-refractivity contribution is 7.47. The van der Waals surface area contributed by atoms with Crippen LogP contribution in [0.25, 0.3) is 0 Å². The van der Waals surface area contributed by atoms with Crippen LogP contribution in [0.2, 0.25) is 0 Å². The normalized spacial score (nSPS) is 14.5. The third kappa shape index (κ3) is 37.5. The van der Waals surface area contributed by atoms with Crippen LogP contribution in [0, 0.1) is 0 Å². The molecule has 0 heterocycles. The number of esters is 1. The number of phosphoric acid groups is 1. The van der Waals surface area contributed by atoms with Crippen molar-refractivity contribution in [3.8, 4) is 0 Å². The van der Waals surface area contributed by atoms with Gasteiger partial charge >= 0.3 is 13.8 Å². The number of carbonyl (C=O) groups excluding carboxylic acids is 1. The summed E-state index contributed by atoms with van der Waals surface area (Å²) in [6.07, 6.45) is 38.9. The number of rotatable bonds is 35. The molecule has 0 aliphatic rings. The Bertz CT molecular complexity index is 926. The molecule has 1 N–H and O–H groups in total. The predicted octanol–water partition coefficient (Wildman–Crippen LogP) is 10.8. The first kappa shape index (κ1) is 47.5. The third-order valence-electron chi connectivity index (χ3n) is 7.90. The van der Waals surface area contributed by atoms with E-state index in [-0.39, 0.29) is 25.8 Å². The van der Waals surface area contributed by atoms with E-state index in [1.807, 2.05) is 21.1 Å². The zero-order valence-corrected chi connectivity index (χ0v) is 33.1. The number of unbranched alkanes of at least 4 members (excludes halogenated alkanes) is 13. The van der Waals surface area contributed by atoms with Crippen molar-refractivity contribution >= 4 is 13.8 Å². The molecule has 0 aromatic carbocycles. The van der Waals surface area contributed by atoms with E-state index in [0.29, 0.717) is 24.1 Å². The zero-order valence-electron chi connectivity index (χ0n) is 32.2. The molecule has 0 saturated carbocycles. The Morgan fingerprint density at radius 1 is 0.653 bits per heavy atom. The van der Waals surface area contributed by atoms with Gasteiger partial charge in [0.25, 0.3) is 0 Å². The van der Waals surface area contributed by atoms with Crippen LogP contribution in [0.4, 0.5) is 0 Å². The Balaban J connectivity index is 4.04. The van der Waals surface area contributed by atoms with E-state index in [1.54, 1.807) is 0 Å². The average molecular weight is 713 g/mol. The van der Waals surface area contributed by atoms with Gasteiger partial charge in [0.05, 0.1) is 34.4 Å². The van der Waals surface area contributed by atoms with Crippen LogP contribution in [-0.4, -0.2) is 75.6 Å². The van der Waals surface area contributed by atoms with E-state index in [9.17, 15) is 14.3 Å². The standard InChI is InChI=1S/C40H74NO7P/c1-6-8-10-12-13-14-15-16-17-18-19-20-21-22-23-24-25-26-27-28-30-32-35-45-37-39(48-40(42)33-31-29-11-9-7-2)38-47-49(43,44)46-36-34-41(3,4)5/h8,10,13-14,16-17,19-20,39H,6-7,9,11-12,15,18,21-38H2,1-5H3/p+1/b10-8-,14-13-,17-16-,20-19-. The molecule has 0 aromatic heterocycles. The monoisotopic (exact) mass is 713 g/mol. The lowest BCUT2D eigenvalue weighted by Gasteiger charge is -2.24. The fourth-order valence-corrected chi connectivity index (χ4v) is 5.64. The molecule has 0 rings (SSSR count). The SMILES string of the molecule is CC/C=C\C/C=C\C/C=C\C/C=C\CCCCCCCCCCCOCC(COP(=O)(O)OCC[N+](C)(C)C)OC(=O)CCCCCCC. The lowest BCUT2D eigenvalue weighted by molar-refractivity contribution is -0.870. The van der Waals surface area contributed by atoms with Crippen LogP contribution < -0.4 is 0 Å². The maximum Gasteiger partial charge on any atom is 0.472 e. The highest BCUT2D eigenvalue weighted by atomic mass is 31.2. The first-order chi connectivity index (χ1) is 23.6. The molecule has 0 aromatic rings. The molecule has 2 atom stereocenters. The molecule has 0 aliphatic carbocycles. The average Bonchev–Trinajstić information content (AvgIpc) is 3.04. The molecule has 0 spiro atoms. The van der Waals surface area contributed by atoms with Gasteiger partial charge in [0.2, 0.25) is 0 Å². The Morgan fingerprint density at radius 2 is 1.18 bits per heavy atom. The number of hydrogen-bond donors (Lipinski definition) is 1. The Labute approximate surface area is 301 Å². The van der Waals surface area contributed by atoms with Gasteiger partial charge in [-0.25, -0.2) is 4.57 Å². The molecule has 0 bridgehead atoms. The van der Waals surface area contributed by atoms with E-state index >= 15 is 0 Å². The second kappa shape index (κ2) is 33.6. The van der Waals surface area contributed by atoms with Crippen molar-refractivity contribution in [1.82, 2.24) is 0 Å². The summed E-state index contributed by atoms with van der Waals surface area (Å²) in [5.41, 5.74) is 0. The van der Waals surface area contributed by atoms with Crippen LogP contribution in [-0.2, 0) is 27.9 Å². The van der Waals surface area contributed by atoms with Crippen molar-refractivity contribution in [2.75, 3.05) is 54.1 Å². The molecule has 0 radical (unpaired) electrons. The van der Waals surface area contributed by atoms with Gasteiger partial charge in [0.1, 0.15) is 19.3 Å². The number of nitrogens with zero attached hydrogens (tertiary/aromatic N) is 1. The number of phosphoric ester groups is 1. The number of ether oxygens (including phenoxy) is 2. The molecular weight excluding hydrogens is 637 g/mol. The minimum atomic E-state index is -4.26. The summed E-state index contributed by atoms with van der Waals surface area (Å²) >= 11 is 0. The molecule has 9 heteroatoms. The molecule has 286 valence electrons. The first-order valence-electron chi connectivity index (χ1n) is 19.4. The van der Waals surface area contributed by atoms with Crippen molar-refractivity contribution in [1.29, 1.82) is 0 Å². The number of likely N-dealkylation sites (N-methyl/N-ethyl adjacent to an activating group) is 1. The van der Waals surface area contributed by atoms with E-state index in [1.165, 1.54) is 51.4 Å². The van der Waals surface area contributed by atoms with E-state index in [2.05, 4.69) is 62.5 Å². The van der Waals surface area contributed by atoms with Crippen molar-refractivity contribution in [3.63, 3.8) is 0 Å². The van der Waals surface area contributed by atoms with Crippen LogP contribution in [0.3, 0.4) is 0 Å². The highest BCUT2D eigenvalue weighted by Crippen LogP contribution is 2.43. The van der Waals surface area contributed by atoms with E-state index in [0.717, 1.165) is 70.6 Å². The Morgan fingerprint density at radius 3 is 1.78 bits per heavy atom. The van der Waals surface area contributed by atoms with Crippen LogP contribution >= 0.6 is 7.82 Å². The number of hydrogen-bond acceptors (Lipinski definition) is 6. The molecule has 0 fully saturated rings. The summed E-state index contributed by atoms with van der Waals surface area (Å²) in [6.45, 7) is 5.39. The number of quaternary nitrogens is 1. The largest absolute Gasteiger partial charge is 0.472 e. The summed E-state index contributed by atoms with van der Waals surface area (Å²) in [5.74, 6) is -0.331. The molecule has 49 heavy (non-hydrogen) atoms. The van der Waals surface area contributed by atoms with Gasteiger partial charge in [-0.15, -0.1) is 0 Å². The number of allylic oxidation sites excluding steroid dienone is 8. The van der Waals surface area contributed by atoms with Crippen molar-refractivity contribution in [3.05, 3.63) is 48.6 Å². The van der Waals surface area contributed by atoms with Gasteiger partial charge in [0, 0.05) is 13.0 Å². The van der Waals surface area contributed by atoms with Gasteiger partial charge in [-0.3, -0.25) is 13.8 Å². The van der Waals surface area contributed by atoms with Crippen LogP contribution in [0.1, 0.15) is 142 Å². The lowest BCUT2D eigenvalue weighted by Crippen LogP contribution is -2.37. The number of carbonyl (C=O) groups is 1. The summed E-state index contributed by atoms with van der Waals surface area (Å²) in [6, 6.07) is 0. The fourth-order valence-electron chi connectivity index (χ4n) is 4.89. The second-order valence-corrected chi connectivity index (χ2v) is 15.4.